The fraction of sp³-hybridized carbons (Fsp3) is 0.389. The van der Waals surface area contributed by atoms with Gasteiger partial charge in [-0.25, -0.2) is 9.97 Å². The Hall–Kier alpha value is -2.34. The molecule has 0 bridgehead atoms. The van der Waals surface area contributed by atoms with Crippen LogP contribution in [0.3, 0.4) is 0 Å². The van der Waals surface area contributed by atoms with Gasteiger partial charge in [0.05, 0.1) is 5.92 Å². The van der Waals surface area contributed by atoms with Gasteiger partial charge in [0, 0.05) is 30.7 Å². The highest BCUT2D eigenvalue weighted by Crippen LogP contribution is 2.24. The number of nitrogens with one attached hydrogen (secondary N) is 1. The van der Waals surface area contributed by atoms with E-state index >= 15 is 0 Å². The Kier molecular flexibility index (Phi) is 5.38. The van der Waals surface area contributed by atoms with Crippen LogP contribution in [-0.4, -0.2) is 34.1 Å². The fourth-order valence-corrected chi connectivity index (χ4v) is 3.19. The monoisotopic (exact) mass is 360 g/mol. The van der Waals surface area contributed by atoms with Gasteiger partial charge < -0.3 is 15.3 Å². The number of carboxylic acid groups (broad SMARTS) is 1. The number of rotatable bonds is 5. The Bertz CT molecular complexity index is 760. The molecule has 0 spiro atoms. The zero-order valence-electron chi connectivity index (χ0n) is 14.1. The second-order valence-electron chi connectivity index (χ2n) is 6.20. The lowest BCUT2D eigenvalue weighted by Crippen LogP contribution is -2.36. The molecular formula is C18H21ClN4O2. The minimum Gasteiger partial charge on any atom is -0.481 e. The number of halogens is 1. The third-order valence-corrected chi connectivity index (χ3v) is 4.78. The summed E-state index contributed by atoms with van der Waals surface area (Å²) in [6.07, 6.45) is 1.28. The van der Waals surface area contributed by atoms with E-state index in [0.717, 1.165) is 22.2 Å². The van der Waals surface area contributed by atoms with Crippen LogP contribution in [0.2, 0.25) is 5.02 Å². The van der Waals surface area contributed by atoms with Crippen molar-refractivity contribution in [3.8, 4) is 0 Å². The summed E-state index contributed by atoms with van der Waals surface area (Å²) in [4.78, 5) is 22.1. The molecule has 0 aliphatic carbocycles. The topological polar surface area (TPSA) is 78.4 Å². The Morgan fingerprint density at radius 3 is 2.72 bits per heavy atom. The quantitative estimate of drug-likeness (QED) is 0.851. The molecule has 6 nitrogen and oxygen atoms in total. The number of anilines is 2. The average molecular weight is 361 g/mol. The number of benzene rings is 1. The van der Waals surface area contributed by atoms with Crippen LogP contribution in [0.15, 0.2) is 30.3 Å². The molecule has 25 heavy (non-hydrogen) atoms. The Morgan fingerprint density at radius 1 is 1.32 bits per heavy atom. The van der Waals surface area contributed by atoms with Crippen LogP contribution in [-0.2, 0) is 11.3 Å². The third-order valence-electron chi connectivity index (χ3n) is 4.41. The van der Waals surface area contributed by atoms with Crippen molar-refractivity contribution in [3.05, 3.63) is 46.7 Å². The standard InChI is InChI=1S/C18H21ClN4O2/c1-12-21-16(20-11-14-4-2-3-5-15(14)19)10-17(22-12)23-8-6-13(7-9-23)18(24)25/h2-5,10,13H,6-9,11H2,1H3,(H,24,25)(H,20,21,22). The Balaban J connectivity index is 1.69. The van der Waals surface area contributed by atoms with Crippen LogP contribution in [0, 0.1) is 12.8 Å². The molecule has 132 valence electrons. The third kappa shape index (κ3) is 4.39. The van der Waals surface area contributed by atoms with Crippen LogP contribution in [0.25, 0.3) is 0 Å². The first-order chi connectivity index (χ1) is 12.0. The molecule has 0 unspecified atom stereocenters. The molecule has 0 atom stereocenters. The maximum Gasteiger partial charge on any atom is 0.306 e. The highest BCUT2D eigenvalue weighted by Gasteiger charge is 2.25. The van der Waals surface area contributed by atoms with Crippen LogP contribution >= 0.6 is 11.6 Å². The molecule has 3 rings (SSSR count). The molecule has 0 amide bonds. The van der Waals surface area contributed by atoms with Crippen molar-refractivity contribution in [1.82, 2.24) is 9.97 Å². The van der Waals surface area contributed by atoms with Crippen LogP contribution in [0.5, 0.6) is 0 Å². The lowest BCUT2D eigenvalue weighted by molar-refractivity contribution is -0.142. The molecular weight excluding hydrogens is 340 g/mol. The van der Waals surface area contributed by atoms with E-state index in [1.165, 1.54) is 0 Å². The number of piperidine rings is 1. The maximum atomic E-state index is 11.1. The predicted octanol–water partition coefficient (Wildman–Crippen LogP) is 3.35. The number of nitrogens with zero attached hydrogens (tertiary/aromatic N) is 3. The van der Waals surface area contributed by atoms with Crippen LogP contribution < -0.4 is 10.2 Å². The first-order valence-corrected chi connectivity index (χ1v) is 8.71. The maximum absolute atomic E-state index is 11.1. The normalized spacial score (nSPS) is 15.2. The minimum atomic E-state index is -0.708. The number of carbonyl (C=O) groups is 1. The molecule has 1 saturated heterocycles. The second-order valence-corrected chi connectivity index (χ2v) is 6.61. The summed E-state index contributed by atoms with van der Waals surface area (Å²) < 4.78 is 0. The molecule has 7 heteroatoms. The smallest absolute Gasteiger partial charge is 0.306 e. The van der Waals surface area contributed by atoms with E-state index in [1.54, 1.807) is 0 Å². The van der Waals surface area contributed by atoms with Crippen molar-refractivity contribution in [2.75, 3.05) is 23.3 Å². The summed E-state index contributed by atoms with van der Waals surface area (Å²) in [7, 11) is 0. The summed E-state index contributed by atoms with van der Waals surface area (Å²) in [6.45, 7) is 3.82. The summed E-state index contributed by atoms with van der Waals surface area (Å²) in [5.74, 6) is 1.29. The van der Waals surface area contributed by atoms with Gasteiger partial charge in [0.2, 0.25) is 0 Å². The Labute approximate surface area is 151 Å². The molecule has 2 aromatic rings. The van der Waals surface area contributed by atoms with Gasteiger partial charge in [-0.05, 0) is 31.4 Å². The molecule has 1 aliphatic heterocycles. The number of hydrogen-bond donors (Lipinski definition) is 2. The molecule has 0 radical (unpaired) electrons. The van der Waals surface area contributed by atoms with E-state index in [2.05, 4.69) is 20.2 Å². The first-order valence-electron chi connectivity index (χ1n) is 8.33. The lowest BCUT2D eigenvalue weighted by Gasteiger charge is -2.31. The van der Waals surface area contributed by atoms with Crippen molar-refractivity contribution in [1.29, 1.82) is 0 Å². The minimum absolute atomic E-state index is 0.253. The SMILES string of the molecule is Cc1nc(NCc2ccccc2Cl)cc(N2CCC(C(=O)O)CC2)n1. The summed E-state index contributed by atoms with van der Waals surface area (Å²) >= 11 is 6.19. The molecule has 2 heterocycles. The fourth-order valence-electron chi connectivity index (χ4n) is 2.99. The van der Waals surface area contributed by atoms with Crippen molar-refractivity contribution in [2.45, 2.75) is 26.3 Å². The van der Waals surface area contributed by atoms with E-state index in [4.69, 9.17) is 16.7 Å². The molecule has 1 fully saturated rings. The van der Waals surface area contributed by atoms with Gasteiger partial charge in [-0.2, -0.15) is 0 Å². The summed E-state index contributed by atoms with van der Waals surface area (Å²) in [5.41, 5.74) is 1.00. The van der Waals surface area contributed by atoms with E-state index in [-0.39, 0.29) is 5.92 Å². The van der Waals surface area contributed by atoms with E-state index in [0.29, 0.717) is 38.3 Å². The molecule has 2 N–H and O–H groups in total. The van der Waals surface area contributed by atoms with Crippen molar-refractivity contribution < 1.29 is 9.90 Å². The van der Waals surface area contributed by atoms with Gasteiger partial charge >= 0.3 is 5.97 Å². The first kappa shape index (κ1) is 17.5. The number of carboxylic acids is 1. The van der Waals surface area contributed by atoms with Gasteiger partial charge in [0.15, 0.2) is 0 Å². The van der Waals surface area contributed by atoms with Gasteiger partial charge in [-0.15, -0.1) is 0 Å². The van der Waals surface area contributed by atoms with E-state index in [1.807, 2.05) is 37.3 Å². The van der Waals surface area contributed by atoms with Crippen LogP contribution in [0.4, 0.5) is 11.6 Å². The van der Waals surface area contributed by atoms with E-state index < -0.39 is 5.97 Å². The Morgan fingerprint density at radius 2 is 2.04 bits per heavy atom. The average Bonchev–Trinajstić information content (AvgIpc) is 2.60. The van der Waals surface area contributed by atoms with Gasteiger partial charge in [-0.3, -0.25) is 4.79 Å². The van der Waals surface area contributed by atoms with Crippen molar-refractivity contribution >= 4 is 29.2 Å². The van der Waals surface area contributed by atoms with Gasteiger partial charge in [0.1, 0.15) is 17.5 Å². The van der Waals surface area contributed by atoms with E-state index in [9.17, 15) is 4.79 Å². The highest BCUT2D eigenvalue weighted by molar-refractivity contribution is 6.31. The highest BCUT2D eigenvalue weighted by atomic mass is 35.5. The zero-order valence-corrected chi connectivity index (χ0v) is 14.8. The molecule has 1 aliphatic rings. The zero-order chi connectivity index (χ0) is 17.8. The number of aliphatic carboxylic acids is 1. The van der Waals surface area contributed by atoms with Crippen molar-refractivity contribution in [2.24, 2.45) is 5.92 Å². The van der Waals surface area contributed by atoms with Gasteiger partial charge in [0.25, 0.3) is 0 Å². The van der Waals surface area contributed by atoms with Crippen LogP contribution in [0.1, 0.15) is 24.2 Å². The lowest BCUT2D eigenvalue weighted by atomic mass is 9.97. The molecule has 1 aromatic carbocycles. The molecule has 0 saturated carbocycles. The largest absolute Gasteiger partial charge is 0.481 e. The summed E-state index contributed by atoms with van der Waals surface area (Å²) in [6, 6.07) is 9.60. The molecule has 1 aromatic heterocycles. The second kappa shape index (κ2) is 7.70. The predicted molar refractivity (Wildman–Crippen MR) is 98.1 cm³/mol. The summed E-state index contributed by atoms with van der Waals surface area (Å²) in [5, 5.41) is 13.1. The van der Waals surface area contributed by atoms with Crippen molar-refractivity contribution in [3.63, 3.8) is 0 Å². The number of aromatic nitrogens is 2. The number of aryl methyl sites for hydroxylation is 1. The number of hydrogen-bond acceptors (Lipinski definition) is 5. The van der Waals surface area contributed by atoms with Gasteiger partial charge in [-0.1, -0.05) is 29.8 Å².